The maximum absolute atomic E-state index is 6.83. The van der Waals surface area contributed by atoms with Crippen LogP contribution < -0.4 is 0 Å². The fraction of sp³-hybridized carbons (Fsp3) is 0.852. The zero-order chi connectivity index (χ0) is 23.9. The Labute approximate surface area is 210 Å². The van der Waals surface area contributed by atoms with E-state index in [1.54, 1.807) is 9.75 Å². The van der Waals surface area contributed by atoms with Crippen LogP contribution in [-0.4, -0.2) is 26.2 Å². The maximum atomic E-state index is 6.83. The van der Waals surface area contributed by atoms with E-state index in [1.165, 1.54) is 94.8 Å². The molecule has 1 rings (SSSR count). The molecule has 0 saturated heterocycles. The molecule has 0 amide bonds. The quantitative estimate of drug-likeness (QED) is 0.125. The largest absolute Gasteiger partial charge is 0.455 e. The Morgan fingerprint density at radius 2 is 1.50 bits per heavy atom. The van der Waals surface area contributed by atoms with Gasteiger partial charge in [-0.25, -0.2) is 0 Å². The molecule has 0 aliphatic heterocycles. The summed E-state index contributed by atoms with van der Waals surface area (Å²) in [7, 11) is -1.80. The SMILES string of the molecule is CCCCC(CC)Cc1ccc(CCCCCC[Si](C)(C)O[Si](C)(C)CCC[Si]CC)s1. The number of thiophene rings is 1. The minimum atomic E-state index is -1.49. The molecule has 1 unspecified atom stereocenters. The molecule has 1 aromatic rings. The molecule has 0 fully saturated rings. The number of unbranched alkanes of at least 4 members (excludes halogenated alkanes) is 4. The Morgan fingerprint density at radius 3 is 2.16 bits per heavy atom. The highest BCUT2D eigenvalue weighted by atomic mass is 32.1. The van der Waals surface area contributed by atoms with Crippen LogP contribution in [-0.2, 0) is 17.0 Å². The first kappa shape index (κ1) is 30.3. The molecule has 0 saturated carbocycles. The van der Waals surface area contributed by atoms with Crippen LogP contribution in [0, 0.1) is 5.92 Å². The molecule has 32 heavy (non-hydrogen) atoms. The highest BCUT2D eigenvalue weighted by molar-refractivity contribution is 7.12. The fourth-order valence-electron chi connectivity index (χ4n) is 4.76. The Bertz CT molecular complexity index is 585. The third-order valence-electron chi connectivity index (χ3n) is 6.64. The second kappa shape index (κ2) is 16.9. The highest BCUT2D eigenvalue weighted by Gasteiger charge is 2.32. The predicted molar refractivity (Wildman–Crippen MR) is 155 cm³/mol. The van der Waals surface area contributed by atoms with Gasteiger partial charge in [0.1, 0.15) is 0 Å². The summed E-state index contributed by atoms with van der Waals surface area (Å²) >= 11 is 2.09. The molecule has 0 N–H and O–H groups in total. The van der Waals surface area contributed by atoms with Crippen molar-refractivity contribution in [3.63, 3.8) is 0 Å². The summed E-state index contributed by atoms with van der Waals surface area (Å²) in [6.45, 7) is 16.8. The lowest BCUT2D eigenvalue weighted by Gasteiger charge is -2.34. The van der Waals surface area contributed by atoms with Crippen molar-refractivity contribution >= 4 is 37.5 Å². The van der Waals surface area contributed by atoms with Crippen molar-refractivity contribution in [3.05, 3.63) is 21.9 Å². The van der Waals surface area contributed by atoms with E-state index < -0.39 is 16.6 Å². The normalized spacial score (nSPS) is 13.6. The zero-order valence-corrected chi connectivity index (χ0v) is 26.5. The molecular weight excluding hydrogens is 457 g/mol. The molecule has 1 atom stereocenters. The molecule has 1 aromatic heterocycles. The van der Waals surface area contributed by atoms with E-state index in [9.17, 15) is 0 Å². The van der Waals surface area contributed by atoms with E-state index in [0.717, 1.165) is 15.4 Å². The van der Waals surface area contributed by atoms with E-state index >= 15 is 0 Å². The maximum Gasteiger partial charge on any atom is 0.173 e. The Kier molecular flexibility index (Phi) is 16.0. The van der Waals surface area contributed by atoms with Crippen LogP contribution in [0.5, 0.6) is 0 Å². The molecule has 186 valence electrons. The minimum Gasteiger partial charge on any atom is -0.455 e. The number of hydrogen-bond donors (Lipinski definition) is 0. The predicted octanol–water partition coefficient (Wildman–Crippen LogP) is 9.99. The van der Waals surface area contributed by atoms with Gasteiger partial charge in [0, 0.05) is 19.3 Å². The molecule has 0 aliphatic rings. The smallest absolute Gasteiger partial charge is 0.173 e. The summed E-state index contributed by atoms with van der Waals surface area (Å²) < 4.78 is 6.83. The summed E-state index contributed by atoms with van der Waals surface area (Å²) in [4.78, 5) is 3.23. The van der Waals surface area contributed by atoms with Crippen LogP contribution >= 0.6 is 11.3 Å². The van der Waals surface area contributed by atoms with Crippen LogP contribution in [0.2, 0.25) is 50.4 Å². The second-order valence-corrected chi connectivity index (χ2v) is 22.8. The van der Waals surface area contributed by atoms with Crippen molar-refractivity contribution in [1.82, 2.24) is 0 Å². The van der Waals surface area contributed by atoms with Crippen molar-refractivity contribution in [2.24, 2.45) is 5.92 Å². The summed E-state index contributed by atoms with van der Waals surface area (Å²) in [5.74, 6) is 0.890. The van der Waals surface area contributed by atoms with Gasteiger partial charge in [0.2, 0.25) is 0 Å². The molecule has 1 nitrogen and oxygen atoms in total. The Balaban J connectivity index is 2.21. The summed E-state index contributed by atoms with van der Waals surface area (Å²) in [6.07, 6.45) is 14.9. The van der Waals surface area contributed by atoms with Gasteiger partial charge >= 0.3 is 0 Å². The summed E-state index contributed by atoms with van der Waals surface area (Å²) in [5.41, 5.74) is 0. The van der Waals surface area contributed by atoms with Crippen LogP contribution in [0.4, 0.5) is 0 Å². The number of hydrogen-bond acceptors (Lipinski definition) is 2. The molecular formula is C27H54OSSi3. The van der Waals surface area contributed by atoms with Crippen molar-refractivity contribution in [2.75, 3.05) is 0 Å². The number of rotatable bonds is 20. The van der Waals surface area contributed by atoms with Gasteiger partial charge in [-0.2, -0.15) is 0 Å². The third kappa shape index (κ3) is 14.5. The van der Waals surface area contributed by atoms with Gasteiger partial charge in [-0.05, 0) is 75.6 Å². The van der Waals surface area contributed by atoms with Gasteiger partial charge in [0.25, 0.3) is 0 Å². The molecule has 5 heteroatoms. The van der Waals surface area contributed by atoms with E-state index in [1.807, 2.05) is 0 Å². The topological polar surface area (TPSA) is 9.23 Å². The van der Waals surface area contributed by atoms with Crippen LogP contribution in [0.3, 0.4) is 0 Å². The van der Waals surface area contributed by atoms with Crippen LogP contribution in [0.25, 0.3) is 0 Å². The third-order valence-corrected chi connectivity index (χ3v) is 16.5. The average Bonchev–Trinajstić information content (AvgIpc) is 3.17. The first-order valence-corrected chi connectivity index (χ1v) is 22.2. The van der Waals surface area contributed by atoms with Crippen LogP contribution in [0.1, 0.15) is 88.3 Å². The van der Waals surface area contributed by atoms with Crippen molar-refractivity contribution < 1.29 is 4.12 Å². The van der Waals surface area contributed by atoms with Gasteiger partial charge in [-0.3, -0.25) is 0 Å². The fourth-order valence-corrected chi connectivity index (χ4v) is 16.0. The van der Waals surface area contributed by atoms with Crippen molar-refractivity contribution in [2.45, 2.75) is 142 Å². The van der Waals surface area contributed by atoms with Crippen molar-refractivity contribution in [3.8, 4) is 0 Å². The molecule has 0 aliphatic carbocycles. The number of aryl methyl sites for hydroxylation is 1. The Hall–Kier alpha value is 0.311. The lowest BCUT2D eigenvalue weighted by molar-refractivity contribution is 0.452. The van der Waals surface area contributed by atoms with Gasteiger partial charge in [-0.15, -0.1) is 11.3 Å². The monoisotopic (exact) mass is 510 g/mol. The lowest BCUT2D eigenvalue weighted by Crippen LogP contribution is -2.44. The van der Waals surface area contributed by atoms with E-state index in [-0.39, 0.29) is 0 Å². The molecule has 0 bridgehead atoms. The average molecular weight is 511 g/mol. The highest BCUT2D eigenvalue weighted by Crippen LogP contribution is 2.27. The molecule has 1 heterocycles. The molecule has 0 aromatic carbocycles. The molecule has 0 spiro atoms. The summed E-state index contributed by atoms with van der Waals surface area (Å²) in [5, 5.41) is 0. The van der Waals surface area contributed by atoms with Gasteiger partial charge < -0.3 is 4.12 Å². The van der Waals surface area contributed by atoms with Crippen molar-refractivity contribution in [1.29, 1.82) is 0 Å². The second-order valence-electron chi connectivity index (χ2n) is 11.0. The van der Waals surface area contributed by atoms with Gasteiger partial charge in [0.05, 0.1) is 0 Å². The van der Waals surface area contributed by atoms with Gasteiger partial charge in [-0.1, -0.05) is 84.2 Å². The van der Waals surface area contributed by atoms with E-state index in [0.29, 0.717) is 0 Å². The Morgan fingerprint density at radius 1 is 0.844 bits per heavy atom. The minimum absolute atomic E-state index is 0.890. The van der Waals surface area contributed by atoms with Crippen LogP contribution in [0.15, 0.2) is 12.1 Å². The first-order chi connectivity index (χ1) is 15.2. The first-order valence-electron chi connectivity index (χ1n) is 13.7. The lowest BCUT2D eigenvalue weighted by atomic mass is 9.95. The molecule has 2 radical (unpaired) electrons. The van der Waals surface area contributed by atoms with E-state index in [4.69, 9.17) is 4.12 Å². The van der Waals surface area contributed by atoms with Gasteiger partial charge in [0.15, 0.2) is 16.6 Å². The summed E-state index contributed by atoms with van der Waals surface area (Å²) in [6, 6.07) is 10.3. The standard InChI is InChI=1S/C27H54OSSi3/c1-8-11-17-25(9-2)24-27-20-19-26(29-27)18-14-12-13-15-22-31(4,5)28-32(6,7)23-16-21-30-10-3/h19-20,25H,8-18,21-24H2,1-7H3. The van der Waals surface area contributed by atoms with E-state index in [2.05, 4.69) is 70.4 Å². The zero-order valence-electron chi connectivity index (χ0n) is 22.7.